The Morgan fingerprint density at radius 3 is 2.65 bits per heavy atom. The summed E-state index contributed by atoms with van der Waals surface area (Å²) in [5, 5.41) is 4.02. The second-order valence-electron chi connectivity index (χ2n) is 5.25. The van der Waals surface area contributed by atoms with Crippen LogP contribution < -0.4 is 0 Å². The molecule has 7 nitrogen and oxygen atoms in total. The molecule has 1 aromatic rings. The van der Waals surface area contributed by atoms with E-state index in [2.05, 4.69) is 10.1 Å². The van der Waals surface area contributed by atoms with Crippen LogP contribution >= 0.6 is 0 Å². The Morgan fingerprint density at radius 1 is 1.45 bits per heavy atom. The van der Waals surface area contributed by atoms with Crippen molar-refractivity contribution in [3.63, 3.8) is 0 Å². The quantitative estimate of drug-likeness (QED) is 0.814. The van der Waals surface area contributed by atoms with E-state index >= 15 is 0 Å². The molecule has 1 aliphatic rings. The minimum Gasteiger partial charge on any atom is -0.395 e. The average Bonchev–Trinajstić information content (AvgIpc) is 2.98. The normalized spacial score (nSPS) is 15.8. The molecule has 1 aliphatic heterocycles. The van der Waals surface area contributed by atoms with Crippen LogP contribution in [0.1, 0.15) is 32.0 Å². The van der Waals surface area contributed by atoms with E-state index in [1.54, 1.807) is 6.20 Å². The van der Waals surface area contributed by atoms with Gasteiger partial charge in [-0.2, -0.15) is 0 Å². The van der Waals surface area contributed by atoms with Crippen molar-refractivity contribution in [2.45, 2.75) is 37.8 Å². The maximum atomic E-state index is 12.2. The summed E-state index contributed by atoms with van der Waals surface area (Å²) < 4.78 is 27.3. The number of hydrogen-bond acceptors (Lipinski definition) is 5. The van der Waals surface area contributed by atoms with E-state index in [1.165, 1.54) is 18.4 Å². The maximum Gasteiger partial charge on any atom is 0.261 e. The number of oxime groups is 1. The van der Waals surface area contributed by atoms with Gasteiger partial charge >= 0.3 is 0 Å². The van der Waals surface area contributed by atoms with Crippen LogP contribution in [0.3, 0.4) is 0 Å². The lowest BCUT2D eigenvalue weighted by Gasteiger charge is -2.08. The van der Waals surface area contributed by atoms with Crippen LogP contribution in [0.4, 0.5) is 0 Å². The first-order valence-corrected chi connectivity index (χ1v) is 7.93. The second kappa shape index (κ2) is 5.53. The molecule has 0 N–H and O–H groups in total. The summed E-state index contributed by atoms with van der Waals surface area (Å²) in [5.74, 6) is 0.865. The van der Waals surface area contributed by atoms with E-state index in [0.717, 1.165) is 18.0 Å². The molecular formula is C12H20N4O3S. The van der Waals surface area contributed by atoms with Crippen molar-refractivity contribution in [1.82, 2.24) is 13.9 Å². The van der Waals surface area contributed by atoms with Gasteiger partial charge in [-0.15, -0.1) is 0 Å². The summed E-state index contributed by atoms with van der Waals surface area (Å²) in [6.07, 6.45) is 2.34. The zero-order chi connectivity index (χ0) is 14.9. The van der Waals surface area contributed by atoms with E-state index < -0.39 is 10.0 Å². The summed E-state index contributed by atoms with van der Waals surface area (Å²) in [5.41, 5.74) is 0.901. The SMILES string of the molecule is CC(C)c1nc(S(=O)(=O)N(C)C)cn1CC1=NOCC1. The van der Waals surface area contributed by atoms with Crippen molar-refractivity contribution in [3.8, 4) is 0 Å². The minimum absolute atomic E-state index is 0.0747. The average molecular weight is 300 g/mol. The molecule has 0 amide bonds. The number of hydrogen-bond donors (Lipinski definition) is 0. The molecule has 0 aromatic carbocycles. The lowest BCUT2D eigenvalue weighted by Crippen LogP contribution is -2.22. The molecule has 0 aliphatic carbocycles. The van der Waals surface area contributed by atoms with E-state index in [9.17, 15) is 8.42 Å². The summed E-state index contributed by atoms with van der Waals surface area (Å²) in [7, 11) is -0.519. The number of aromatic nitrogens is 2. The zero-order valence-electron chi connectivity index (χ0n) is 12.2. The fraction of sp³-hybridized carbons (Fsp3) is 0.667. The van der Waals surface area contributed by atoms with Crippen LogP contribution in [0.5, 0.6) is 0 Å². The van der Waals surface area contributed by atoms with Gasteiger partial charge in [0.05, 0.1) is 12.3 Å². The molecule has 112 valence electrons. The van der Waals surface area contributed by atoms with E-state index in [0.29, 0.717) is 13.2 Å². The van der Waals surface area contributed by atoms with Crippen molar-refractivity contribution in [1.29, 1.82) is 0 Å². The van der Waals surface area contributed by atoms with Crippen molar-refractivity contribution >= 4 is 15.7 Å². The van der Waals surface area contributed by atoms with E-state index in [4.69, 9.17) is 4.84 Å². The van der Waals surface area contributed by atoms with Crippen LogP contribution in [-0.2, 0) is 21.4 Å². The Balaban J connectivity index is 2.38. The molecular weight excluding hydrogens is 280 g/mol. The fourth-order valence-corrected chi connectivity index (χ4v) is 2.80. The van der Waals surface area contributed by atoms with Crippen LogP contribution in [-0.4, -0.2) is 48.7 Å². The van der Waals surface area contributed by atoms with Gasteiger partial charge in [-0.05, 0) is 0 Å². The first-order valence-electron chi connectivity index (χ1n) is 6.49. The lowest BCUT2D eigenvalue weighted by molar-refractivity contribution is 0.173. The number of nitrogens with zero attached hydrogens (tertiary/aromatic N) is 4. The fourth-order valence-electron chi connectivity index (χ4n) is 1.95. The second-order valence-corrected chi connectivity index (χ2v) is 7.35. The third-order valence-electron chi connectivity index (χ3n) is 3.08. The molecule has 8 heteroatoms. The Labute approximate surface area is 119 Å². The van der Waals surface area contributed by atoms with Gasteiger partial charge in [0.25, 0.3) is 10.0 Å². The lowest BCUT2D eigenvalue weighted by atomic mass is 10.2. The van der Waals surface area contributed by atoms with Gasteiger partial charge in [0.2, 0.25) is 0 Å². The molecule has 0 spiro atoms. The monoisotopic (exact) mass is 300 g/mol. The zero-order valence-corrected chi connectivity index (χ0v) is 13.0. The maximum absolute atomic E-state index is 12.2. The Hall–Kier alpha value is -1.41. The third kappa shape index (κ3) is 2.85. The summed E-state index contributed by atoms with van der Waals surface area (Å²) in [6.45, 7) is 5.07. The number of imidazole rings is 1. The van der Waals surface area contributed by atoms with Crippen LogP contribution in [0.15, 0.2) is 16.4 Å². The van der Waals surface area contributed by atoms with Crippen LogP contribution in [0, 0.1) is 0 Å². The molecule has 0 saturated carbocycles. The van der Waals surface area contributed by atoms with E-state index in [1.807, 2.05) is 18.4 Å². The van der Waals surface area contributed by atoms with Crippen molar-refractivity contribution in [3.05, 3.63) is 12.0 Å². The molecule has 0 bridgehead atoms. The van der Waals surface area contributed by atoms with Crippen LogP contribution in [0.25, 0.3) is 0 Å². The highest BCUT2D eigenvalue weighted by molar-refractivity contribution is 7.89. The minimum atomic E-state index is -3.52. The first kappa shape index (κ1) is 15.0. The highest BCUT2D eigenvalue weighted by Crippen LogP contribution is 2.20. The summed E-state index contributed by atoms with van der Waals surface area (Å²) >= 11 is 0. The van der Waals surface area contributed by atoms with Gasteiger partial charge in [-0.25, -0.2) is 17.7 Å². The summed E-state index contributed by atoms with van der Waals surface area (Å²) in [6, 6.07) is 0. The predicted molar refractivity (Wildman–Crippen MR) is 75.2 cm³/mol. The van der Waals surface area contributed by atoms with Gasteiger partial charge < -0.3 is 9.40 Å². The molecule has 2 rings (SSSR count). The van der Waals surface area contributed by atoms with Crippen LogP contribution in [0.2, 0.25) is 0 Å². The van der Waals surface area contributed by atoms with Crippen molar-refractivity contribution < 1.29 is 13.3 Å². The van der Waals surface area contributed by atoms with Gasteiger partial charge in [-0.1, -0.05) is 19.0 Å². The van der Waals surface area contributed by atoms with Gasteiger partial charge in [0, 0.05) is 32.6 Å². The number of rotatable bonds is 5. The standard InChI is InChI=1S/C12H20N4O3S/c1-9(2)12-13-11(20(17,18)15(3)4)8-16(12)7-10-5-6-19-14-10/h8-9H,5-7H2,1-4H3. The topological polar surface area (TPSA) is 76.8 Å². The largest absolute Gasteiger partial charge is 0.395 e. The molecule has 20 heavy (non-hydrogen) atoms. The smallest absolute Gasteiger partial charge is 0.261 e. The Morgan fingerprint density at radius 2 is 2.15 bits per heavy atom. The molecule has 0 atom stereocenters. The van der Waals surface area contributed by atoms with Gasteiger partial charge in [0.15, 0.2) is 5.03 Å². The van der Waals surface area contributed by atoms with Gasteiger partial charge in [-0.3, -0.25) is 0 Å². The molecule has 2 heterocycles. The molecule has 1 aromatic heterocycles. The van der Waals surface area contributed by atoms with Crippen molar-refractivity contribution in [2.24, 2.45) is 5.16 Å². The third-order valence-corrected chi connectivity index (χ3v) is 4.76. The van der Waals surface area contributed by atoms with Crippen molar-refractivity contribution in [2.75, 3.05) is 20.7 Å². The number of sulfonamides is 1. The molecule has 0 saturated heterocycles. The van der Waals surface area contributed by atoms with Gasteiger partial charge in [0.1, 0.15) is 12.4 Å². The molecule has 0 unspecified atom stereocenters. The molecule has 0 radical (unpaired) electrons. The predicted octanol–water partition coefficient (Wildman–Crippen LogP) is 1.03. The summed E-state index contributed by atoms with van der Waals surface area (Å²) in [4.78, 5) is 9.25. The first-order chi connectivity index (χ1) is 9.32. The Bertz CT molecular complexity index is 617. The Kier molecular flexibility index (Phi) is 4.14. The van der Waals surface area contributed by atoms with E-state index in [-0.39, 0.29) is 10.9 Å². The molecule has 0 fully saturated rings. The highest BCUT2D eigenvalue weighted by Gasteiger charge is 2.24. The highest BCUT2D eigenvalue weighted by atomic mass is 32.2.